The van der Waals surface area contributed by atoms with E-state index in [0.29, 0.717) is 18.0 Å². The van der Waals surface area contributed by atoms with Gasteiger partial charge in [0.05, 0.1) is 24.9 Å². The second-order valence-electron chi connectivity index (χ2n) is 5.77. The average molecular weight is 390 g/mol. The molecule has 0 fully saturated rings. The van der Waals surface area contributed by atoms with Crippen LogP contribution < -0.4 is 14.8 Å². The minimum atomic E-state index is -0.420. The van der Waals surface area contributed by atoms with Crippen molar-refractivity contribution in [3.63, 3.8) is 0 Å². The molecule has 0 saturated heterocycles. The molecule has 144 valence electrons. The summed E-state index contributed by atoms with van der Waals surface area (Å²) in [5, 5.41) is 13.7. The SMILES string of the molecule is COc1ccc(CNC(=O)CS[C@H](C)c2cccc([N+](=O)[O-])c2)cc1OC. The Morgan fingerprint density at radius 1 is 1.19 bits per heavy atom. The lowest BCUT2D eigenvalue weighted by molar-refractivity contribution is -0.384. The summed E-state index contributed by atoms with van der Waals surface area (Å²) < 4.78 is 10.4. The molecule has 0 bridgehead atoms. The number of nitrogens with one attached hydrogen (secondary N) is 1. The standard InChI is InChI=1S/C19H22N2O5S/c1-13(15-5-4-6-16(10-15)21(23)24)27-12-19(22)20-11-14-7-8-17(25-2)18(9-14)26-3/h4-10,13H,11-12H2,1-3H3,(H,20,22)/t13-/m1/s1. The zero-order valence-corrected chi connectivity index (χ0v) is 16.2. The summed E-state index contributed by atoms with van der Waals surface area (Å²) in [5.41, 5.74) is 1.78. The Hall–Kier alpha value is -2.74. The number of nitro benzene ring substituents is 1. The first-order chi connectivity index (χ1) is 12.9. The number of benzene rings is 2. The van der Waals surface area contributed by atoms with Crippen LogP contribution in [0.1, 0.15) is 23.3 Å². The van der Waals surface area contributed by atoms with Crippen LogP contribution in [0.3, 0.4) is 0 Å². The number of non-ortho nitro benzene ring substituents is 1. The van der Waals surface area contributed by atoms with Crippen molar-refractivity contribution in [2.75, 3.05) is 20.0 Å². The van der Waals surface area contributed by atoms with E-state index in [4.69, 9.17) is 9.47 Å². The van der Waals surface area contributed by atoms with Gasteiger partial charge in [0, 0.05) is 23.9 Å². The Labute approximate surface area is 162 Å². The van der Waals surface area contributed by atoms with Crippen LogP contribution in [-0.2, 0) is 11.3 Å². The smallest absolute Gasteiger partial charge is 0.269 e. The lowest BCUT2D eigenvalue weighted by atomic mass is 10.1. The Morgan fingerprint density at radius 3 is 2.59 bits per heavy atom. The molecular formula is C19H22N2O5S. The van der Waals surface area contributed by atoms with Gasteiger partial charge in [0.1, 0.15) is 0 Å². The predicted octanol–water partition coefficient (Wildman–Crippen LogP) is 3.72. The summed E-state index contributed by atoms with van der Waals surface area (Å²) in [6, 6.07) is 11.9. The lowest BCUT2D eigenvalue weighted by Crippen LogP contribution is -2.24. The van der Waals surface area contributed by atoms with Gasteiger partial charge in [0.2, 0.25) is 5.91 Å². The zero-order chi connectivity index (χ0) is 19.8. The van der Waals surface area contributed by atoms with E-state index in [0.717, 1.165) is 11.1 Å². The van der Waals surface area contributed by atoms with E-state index < -0.39 is 4.92 Å². The van der Waals surface area contributed by atoms with E-state index in [1.54, 1.807) is 32.4 Å². The normalized spacial score (nSPS) is 11.5. The number of carbonyl (C=O) groups is 1. The molecular weight excluding hydrogens is 368 g/mol. The van der Waals surface area contributed by atoms with Crippen LogP contribution in [0.5, 0.6) is 11.5 Å². The van der Waals surface area contributed by atoms with E-state index in [1.807, 2.05) is 25.1 Å². The fourth-order valence-corrected chi connectivity index (χ4v) is 3.27. The summed E-state index contributed by atoms with van der Waals surface area (Å²) >= 11 is 1.43. The van der Waals surface area contributed by atoms with Crippen molar-refractivity contribution in [2.24, 2.45) is 0 Å². The van der Waals surface area contributed by atoms with Gasteiger partial charge in [-0.15, -0.1) is 11.8 Å². The first-order valence-electron chi connectivity index (χ1n) is 8.28. The monoisotopic (exact) mass is 390 g/mol. The van der Waals surface area contributed by atoms with E-state index in [2.05, 4.69) is 5.32 Å². The molecule has 8 heteroatoms. The van der Waals surface area contributed by atoms with Gasteiger partial charge in [-0.25, -0.2) is 0 Å². The largest absolute Gasteiger partial charge is 0.493 e. The van der Waals surface area contributed by atoms with Crippen molar-refractivity contribution in [1.82, 2.24) is 5.32 Å². The molecule has 2 aromatic rings. The second kappa shape index (κ2) is 9.82. The van der Waals surface area contributed by atoms with Crippen molar-refractivity contribution < 1.29 is 19.2 Å². The molecule has 2 rings (SSSR count). The van der Waals surface area contributed by atoms with Crippen molar-refractivity contribution >= 4 is 23.4 Å². The van der Waals surface area contributed by atoms with Gasteiger partial charge < -0.3 is 14.8 Å². The number of ether oxygens (including phenoxy) is 2. The molecule has 27 heavy (non-hydrogen) atoms. The second-order valence-corrected chi connectivity index (χ2v) is 7.10. The van der Waals surface area contributed by atoms with Crippen LogP contribution in [0.15, 0.2) is 42.5 Å². The van der Waals surface area contributed by atoms with Crippen molar-refractivity contribution in [1.29, 1.82) is 0 Å². The molecule has 0 aliphatic rings. The summed E-state index contributed by atoms with van der Waals surface area (Å²) in [5.74, 6) is 1.40. The first kappa shape index (κ1) is 20.6. The van der Waals surface area contributed by atoms with E-state index >= 15 is 0 Å². The summed E-state index contributed by atoms with van der Waals surface area (Å²) in [6.07, 6.45) is 0. The maximum atomic E-state index is 12.1. The molecule has 0 spiro atoms. The number of nitro groups is 1. The van der Waals surface area contributed by atoms with Gasteiger partial charge in [0.15, 0.2) is 11.5 Å². The summed E-state index contributed by atoms with van der Waals surface area (Å²) in [7, 11) is 3.13. The quantitative estimate of drug-likeness (QED) is 0.518. The predicted molar refractivity (Wildman–Crippen MR) is 105 cm³/mol. The van der Waals surface area contributed by atoms with Crippen molar-refractivity contribution in [3.05, 3.63) is 63.7 Å². The van der Waals surface area contributed by atoms with Gasteiger partial charge in [-0.2, -0.15) is 0 Å². The molecule has 0 aromatic heterocycles. The zero-order valence-electron chi connectivity index (χ0n) is 15.4. The van der Waals surface area contributed by atoms with Gasteiger partial charge in [-0.05, 0) is 30.2 Å². The number of rotatable bonds is 9. The first-order valence-corrected chi connectivity index (χ1v) is 9.33. The number of hydrogen-bond acceptors (Lipinski definition) is 6. The topological polar surface area (TPSA) is 90.7 Å². The fraction of sp³-hybridized carbons (Fsp3) is 0.316. The Balaban J connectivity index is 1.85. The number of methoxy groups -OCH3 is 2. The molecule has 7 nitrogen and oxygen atoms in total. The highest BCUT2D eigenvalue weighted by atomic mass is 32.2. The molecule has 0 heterocycles. The average Bonchev–Trinajstić information content (AvgIpc) is 2.70. The van der Waals surface area contributed by atoms with Crippen molar-refractivity contribution in [2.45, 2.75) is 18.7 Å². The number of carbonyl (C=O) groups excluding carboxylic acids is 1. The third-order valence-electron chi connectivity index (χ3n) is 3.95. The molecule has 1 atom stereocenters. The third-order valence-corrected chi connectivity index (χ3v) is 5.15. The van der Waals surface area contributed by atoms with Gasteiger partial charge in [-0.3, -0.25) is 14.9 Å². The van der Waals surface area contributed by atoms with E-state index in [-0.39, 0.29) is 22.6 Å². The molecule has 2 aromatic carbocycles. The maximum absolute atomic E-state index is 12.1. The van der Waals surface area contributed by atoms with Crippen LogP contribution in [-0.4, -0.2) is 30.8 Å². The molecule has 1 amide bonds. The van der Waals surface area contributed by atoms with Gasteiger partial charge >= 0.3 is 0 Å². The molecule has 0 saturated carbocycles. The minimum Gasteiger partial charge on any atom is -0.493 e. The number of hydrogen-bond donors (Lipinski definition) is 1. The summed E-state index contributed by atoms with van der Waals surface area (Å²) in [4.78, 5) is 22.6. The molecule has 0 aliphatic heterocycles. The van der Waals surface area contributed by atoms with E-state index in [1.165, 1.54) is 17.8 Å². The molecule has 1 N–H and O–H groups in total. The maximum Gasteiger partial charge on any atom is 0.269 e. The molecule has 0 aliphatic carbocycles. The van der Waals surface area contributed by atoms with E-state index in [9.17, 15) is 14.9 Å². The Bertz CT molecular complexity index is 812. The fourth-order valence-electron chi connectivity index (χ4n) is 2.43. The highest BCUT2D eigenvalue weighted by molar-refractivity contribution is 8.00. The van der Waals surface area contributed by atoms with Crippen LogP contribution in [0.25, 0.3) is 0 Å². The lowest BCUT2D eigenvalue weighted by Gasteiger charge is -2.12. The molecule has 0 unspecified atom stereocenters. The highest BCUT2D eigenvalue weighted by Crippen LogP contribution is 2.30. The Morgan fingerprint density at radius 2 is 1.93 bits per heavy atom. The van der Waals surface area contributed by atoms with Crippen LogP contribution in [0.2, 0.25) is 0 Å². The minimum absolute atomic E-state index is 0.0308. The third kappa shape index (κ3) is 5.89. The molecule has 0 radical (unpaired) electrons. The summed E-state index contributed by atoms with van der Waals surface area (Å²) in [6.45, 7) is 2.30. The van der Waals surface area contributed by atoms with Crippen molar-refractivity contribution in [3.8, 4) is 11.5 Å². The number of amides is 1. The Kier molecular flexibility index (Phi) is 7.48. The number of thioether (sulfide) groups is 1. The van der Waals surface area contributed by atoms with Crippen LogP contribution in [0.4, 0.5) is 5.69 Å². The van der Waals surface area contributed by atoms with Gasteiger partial charge in [-0.1, -0.05) is 18.2 Å². The van der Waals surface area contributed by atoms with Crippen LogP contribution >= 0.6 is 11.8 Å². The highest BCUT2D eigenvalue weighted by Gasteiger charge is 2.13. The van der Waals surface area contributed by atoms with Crippen LogP contribution in [0, 0.1) is 10.1 Å². The number of nitrogens with zero attached hydrogens (tertiary/aromatic N) is 1. The van der Waals surface area contributed by atoms with Gasteiger partial charge in [0.25, 0.3) is 5.69 Å².